The zero-order valence-corrected chi connectivity index (χ0v) is 20.1. The van der Waals surface area contributed by atoms with E-state index in [-0.39, 0.29) is 29.9 Å². The van der Waals surface area contributed by atoms with Gasteiger partial charge in [-0.1, -0.05) is 36.4 Å². The van der Waals surface area contributed by atoms with Gasteiger partial charge in [-0.05, 0) is 41.3 Å². The third-order valence-electron chi connectivity index (χ3n) is 4.76. The summed E-state index contributed by atoms with van der Waals surface area (Å²) < 4.78 is 6.64. The number of nitrogens with one attached hydrogen (secondary N) is 2. The normalized spacial score (nSPS) is 10.8. The maximum atomic E-state index is 11.5. The zero-order chi connectivity index (χ0) is 21.2. The molecule has 0 saturated heterocycles. The van der Waals surface area contributed by atoms with Gasteiger partial charge >= 0.3 is 5.97 Å². The van der Waals surface area contributed by atoms with Crippen LogP contribution in [0.3, 0.4) is 0 Å². The number of hydrogen-bond acceptors (Lipinski definition) is 4. The molecule has 1 heterocycles. The Morgan fingerprint density at radius 3 is 2.45 bits per heavy atom. The number of aliphatic imine (C=N–C) groups is 1. The number of aromatic nitrogens is 2. The summed E-state index contributed by atoms with van der Waals surface area (Å²) in [6.07, 6.45) is 4.57. The first kappa shape index (κ1) is 24.4. The van der Waals surface area contributed by atoms with E-state index in [9.17, 15) is 4.79 Å². The average Bonchev–Trinajstić information content (AvgIpc) is 3.30. The van der Waals surface area contributed by atoms with Gasteiger partial charge in [0.05, 0.1) is 19.2 Å². The van der Waals surface area contributed by atoms with Gasteiger partial charge in [0.1, 0.15) is 0 Å². The molecule has 0 aliphatic rings. The molecular formula is C23H28IN5O2. The highest BCUT2D eigenvalue weighted by Crippen LogP contribution is 2.10. The van der Waals surface area contributed by atoms with Gasteiger partial charge in [-0.2, -0.15) is 5.10 Å². The monoisotopic (exact) mass is 533 g/mol. The molecule has 7 nitrogen and oxygen atoms in total. The van der Waals surface area contributed by atoms with Gasteiger partial charge in [0.15, 0.2) is 5.96 Å². The van der Waals surface area contributed by atoms with Crippen LogP contribution < -0.4 is 10.6 Å². The lowest BCUT2D eigenvalue weighted by Crippen LogP contribution is -2.38. The van der Waals surface area contributed by atoms with Crippen LogP contribution in [-0.4, -0.2) is 42.4 Å². The second-order valence-electron chi connectivity index (χ2n) is 6.76. The summed E-state index contributed by atoms with van der Waals surface area (Å²) in [5.74, 6) is 0.423. The Morgan fingerprint density at radius 1 is 1.06 bits per heavy atom. The fourth-order valence-corrected chi connectivity index (χ4v) is 3.10. The number of esters is 1. The van der Waals surface area contributed by atoms with Gasteiger partial charge < -0.3 is 15.4 Å². The summed E-state index contributed by atoms with van der Waals surface area (Å²) in [5.41, 5.74) is 4.11. The van der Waals surface area contributed by atoms with Crippen LogP contribution in [0, 0.1) is 0 Å². The minimum atomic E-state index is -0.322. The van der Waals surface area contributed by atoms with Crippen LogP contribution in [0.4, 0.5) is 0 Å². The maximum Gasteiger partial charge on any atom is 0.337 e. The number of hydrogen-bond donors (Lipinski definition) is 2. The molecule has 0 fully saturated rings. The van der Waals surface area contributed by atoms with Crippen LogP contribution in [0.15, 0.2) is 72.0 Å². The summed E-state index contributed by atoms with van der Waals surface area (Å²) in [5, 5.41) is 11.0. The molecule has 31 heavy (non-hydrogen) atoms. The van der Waals surface area contributed by atoms with E-state index in [1.54, 1.807) is 25.4 Å². The highest BCUT2D eigenvalue weighted by atomic mass is 127. The largest absolute Gasteiger partial charge is 0.465 e. The van der Waals surface area contributed by atoms with Crippen LogP contribution >= 0.6 is 24.0 Å². The van der Waals surface area contributed by atoms with Crippen molar-refractivity contribution in [2.75, 3.05) is 20.7 Å². The lowest BCUT2D eigenvalue weighted by molar-refractivity contribution is 0.0600. The Labute approximate surface area is 199 Å². The third kappa shape index (κ3) is 7.39. The first-order valence-corrected chi connectivity index (χ1v) is 9.85. The quantitative estimate of drug-likeness (QED) is 0.201. The van der Waals surface area contributed by atoms with Crippen molar-refractivity contribution in [3.63, 3.8) is 0 Å². The molecule has 2 aromatic carbocycles. The van der Waals surface area contributed by atoms with Crippen molar-refractivity contribution in [2.45, 2.75) is 19.5 Å². The number of benzene rings is 2. The van der Waals surface area contributed by atoms with Gasteiger partial charge in [-0.15, -0.1) is 24.0 Å². The molecule has 0 radical (unpaired) electrons. The van der Waals surface area contributed by atoms with Crippen LogP contribution in [0.2, 0.25) is 0 Å². The Balaban J connectivity index is 0.00000341. The van der Waals surface area contributed by atoms with Crippen LogP contribution in [0.1, 0.15) is 27.0 Å². The second kappa shape index (κ2) is 12.7. The summed E-state index contributed by atoms with van der Waals surface area (Å²) in [6.45, 7) is 2.13. The second-order valence-corrected chi connectivity index (χ2v) is 6.76. The lowest BCUT2D eigenvalue weighted by atomic mass is 10.1. The Bertz CT molecular complexity index is 972. The van der Waals surface area contributed by atoms with E-state index < -0.39 is 0 Å². The molecule has 0 bridgehead atoms. The molecule has 0 amide bonds. The van der Waals surface area contributed by atoms with E-state index in [1.807, 2.05) is 41.2 Å². The number of carbonyl (C=O) groups is 1. The number of guanidine groups is 1. The van der Waals surface area contributed by atoms with E-state index in [1.165, 1.54) is 18.2 Å². The van der Waals surface area contributed by atoms with E-state index in [0.717, 1.165) is 31.0 Å². The predicted molar refractivity (Wildman–Crippen MR) is 133 cm³/mol. The van der Waals surface area contributed by atoms with Crippen molar-refractivity contribution in [2.24, 2.45) is 4.99 Å². The maximum absolute atomic E-state index is 11.5. The number of ether oxygens (including phenoxy) is 1. The summed E-state index contributed by atoms with van der Waals surface area (Å²) in [6, 6.07) is 17.7. The first-order chi connectivity index (χ1) is 14.7. The van der Waals surface area contributed by atoms with E-state index in [2.05, 4.69) is 32.9 Å². The Hall–Kier alpha value is -2.88. The van der Waals surface area contributed by atoms with Gasteiger partial charge in [0.2, 0.25) is 0 Å². The topological polar surface area (TPSA) is 80.5 Å². The van der Waals surface area contributed by atoms with Gasteiger partial charge in [-0.3, -0.25) is 9.67 Å². The number of nitrogens with zero attached hydrogens (tertiary/aromatic N) is 3. The van der Waals surface area contributed by atoms with Gasteiger partial charge in [0, 0.05) is 32.5 Å². The fraction of sp³-hybridized carbons (Fsp3) is 0.261. The summed E-state index contributed by atoms with van der Waals surface area (Å²) in [7, 11) is 3.14. The molecule has 3 aromatic rings. The summed E-state index contributed by atoms with van der Waals surface area (Å²) in [4.78, 5) is 15.8. The lowest BCUT2D eigenvalue weighted by Gasteiger charge is -2.14. The predicted octanol–water partition coefficient (Wildman–Crippen LogP) is 3.24. The molecule has 2 N–H and O–H groups in total. The molecule has 8 heteroatoms. The number of halogens is 1. The Kier molecular flexibility index (Phi) is 10.0. The standard InChI is InChI=1S/C23H27N5O2.HI/c1-24-23(25-14-12-18-8-10-19(11-9-18)22(29)30-2)26-16-20-6-3-4-7-21(20)17-28-15-5-13-27-28;/h3-11,13,15H,12,14,16-17H2,1-2H3,(H2,24,25,26);1H. The number of rotatable bonds is 8. The molecule has 0 spiro atoms. The summed E-state index contributed by atoms with van der Waals surface area (Å²) >= 11 is 0. The molecule has 0 saturated carbocycles. The number of carbonyl (C=O) groups excluding carboxylic acids is 1. The Morgan fingerprint density at radius 2 is 1.81 bits per heavy atom. The zero-order valence-electron chi connectivity index (χ0n) is 17.7. The molecule has 0 unspecified atom stereocenters. The molecule has 3 rings (SSSR count). The van der Waals surface area contributed by atoms with Crippen molar-refractivity contribution < 1.29 is 9.53 Å². The molecule has 164 valence electrons. The third-order valence-corrected chi connectivity index (χ3v) is 4.76. The molecule has 0 atom stereocenters. The van der Waals surface area contributed by atoms with Crippen molar-refractivity contribution in [1.82, 2.24) is 20.4 Å². The van der Waals surface area contributed by atoms with Crippen LogP contribution in [-0.2, 0) is 24.2 Å². The number of methoxy groups -OCH3 is 1. The van der Waals surface area contributed by atoms with E-state index in [4.69, 9.17) is 4.74 Å². The minimum absolute atomic E-state index is 0. The average molecular weight is 533 g/mol. The molecular weight excluding hydrogens is 505 g/mol. The highest BCUT2D eigenvalue weighted by molar-refractivity contribution is 14.0. The molecule has 0 aliphatic heterocycles. The van der Waals surface area contributed by atoms with E-state index in [0.29, 0.717) is 12.1 Å². The van der Waals surface area contributed by atoms with Crippen molar-refractivity contribution in [3.8, 4) is 0 Å². The van der Waals surface area contributed by atoms with Crippen molar-refractivity contribution in [1.29, 1.82) is 0 Å². The van der Waals surface area contributed by atoms with Crippen molar-refractivity contribution >= 4 is 35.9 Å². The molecule has 1 aromatic heterocycles. The van der Waals surface area contributed by atoms with Gasteiger partial charge in [0.25, 0.3) is 0 Å². The van der Waals surface area contributed by atoms with Gasteiger partial charge in [-0.25, -0.2) is 4.79 Å². The molecule has 0 aliphatic carbocycles. The SMILES string of the molecule is CN=C(NCCc1ccc(C(=O)OC)cc1)NCc1ccccc1Cn1cccn1.I. The highest BCUT2D eigenvalue weighted by Gasteiger charge is 2.06. The van der Waals surface area contributed by atoms with E-state index >= 15 is 0 Å². The van der Waals surface area contributed by atoms with Crippen LogP contribution in [0.25, 0.3) is 0 Å². The smallest absolute Gasteiger partial charge is 0.337 e. The first-order valence-electron chi connectivity index (χ1n) is 9.85. The van der Waals surface area contributed by atoms with Crippen LogP contribution in [0.5, 0.6) is 0 Å². The fourth-order valence-electron chi connectivity index (χ4n) is 3.10. The minimum Gasteiger partial charge on any atom is -0.465 e. The van der Waals surface area contributed by atoms with Crippen molar-refractivity contribution in [3.05, 3.63) is 89.2 Å².